The molecule has 4 N–H and O–H groups in total. The molecule has 1 aliphatic heterocycles. The molecule has 0 aromatic heterocycles. The minimum Gasteiger partial charge on any atom is -0.391 e. The summed E-state index contributed by atoms with van der Waals surface area (Å²) in [6, 6.07) is 0. The Morgan fingerprint density at radius 1 is 1.55 bits per heavy atom. The van der Waals surface area contributed by atoms with Crippen LogP contribution in [0.1, 0.15) is 6.92 Å². The SMILES string of the molecule is C[C@@]1(O)CO[C@@](O)(CO)[C@@H]1O. The number of aliphatic hydroxyl groups excluding tert-OH is 2. The molecule has 0 aromatic rings. The van der Waals surface area contributed by atoms with Crippen molar-refractivity contribution in [2.45, 2.75) is 24.4 Å². The summed E-state index contributed by atoms with van der Waals surface area (Å²) in [5.41, 5.74) is -1.49. The molecular formula is C6H12O5. The molecule has 1 fully saturated rings. The summed E-state index contributed by atoms with van der Waals surface area (Å²) >= 11 is 0. The highest BCUT2D eigenvalue weighted by Crippen LogP contribution is 2.30. The fourth-order valence-electron chi connectivity index (χ4n) is 1.05. The summed E-state index contributed by atoms with van der Waals surface area (Å²) in [5, 5.41) is 36.3. The molecule has 0 spiro atoms. The predicted molar refractivity (Wildman–Crippen MR) is 34.6 cm³/mol. The Morgan fingerprint density at radius 2 is 2.09 bits per heavy atom. The molecule has 0 aliphatic carbocycles. The van der Waals surface area contributed by atoms with E-state index in [9.17, 15) is 15.3 Å². The Bertz CT molecular complexity index is 157. The average Bonchev–Trinajstić information content (AvgIpc) is 2.16. The zero-order valence-electron chi connectivity index (χ0n) is 6.19. The molecule has 1 aliphatic rings. The third-order valence-corrected chi connectivity index (χ3v) is 1.86. The van der Waals surface area contributed by atoms with Gasteiger partial charge in [-0.3, -0.25) is 0 Å². The summed E-state index contributed by atoms with van der Waals surface area (Å²) in [5.74, 6) is -2.01. The second kappa shape index (κ2) is 2.40. The summed E-state index contributed by atoms with van der Waals surface area (Å²) in [4.78, 5) is 0. The third kappa shape index (κ3) is 1.25. The highest BCUT2D eigenvalue weighted by Gasteiger charge is 2.54. The number of aliphatic hydroxyl groups is 4. The number of hydrogen-bond acceptors (Lipinski definition) is 5. The molecule has 0 radical (unpaired) electrons. The van der Waals surface area contributed by atoms with Crippen molar-refractivity contribution in [3.05, 3.63) is 0 Å². The van der Waals surface area contributed by atoms with E-state index >= 15 is 0 Å². The quantitative estimate of drug-likeness (QED) is 0.353. The lowest BCUT2D eigenvalue weighted by molar-refractivity contribution is -0.237. The molecule has 0 amide bonds. The Hall–Kier alpha value is -0.200. The maximum Gasteiger partial charge on any atom is 0.219 e. The van der Waals surface area contributed by atoms with Gasteiger partial charge < -0.3 is 25.2 Å². The smallest absolute Gasteiger partial charge is 0.219 e. The summed E-state index contributed by atoms with van der Waals surface area (Å²) in [6.45, 7) is 0.404. The molecule has 1 rings (SSSR count). The largest absolute Gasteiger partial charge is 0.391 e. The van der Waals surface area contributed by atoms with Crippen LogP contribution < -0.4 is 0 Å². The molecule has 0 bridgehead atoms. The van der Waals surface area contributed by atoms with Gasteiger partial charge in [0, 0.05) is 0 Å². The van der Waals surface area contributed by atoms with Crippen LogP contribution in [-0.2, 0) is 4.74 Å². The average molecular weight is 164 g/mol. The van der Waals surface area contributed by atoms with Crippen molar-refractivity contribution in [2.24, 2.45) is 0 Å². The van der Waals surface area contributed by atoms with Crippen LogP contribution in [0.5, 0.6) is 0 Å². The van der Waals surface area contributed by atoms with Crippen molar-refractivity contribution in [2.75, 3.05) is 13.2 Å². The van der Waals surface area contributed by atoms with E-state index in [1.807, 2.05) is 0 Å². The van der Waals surface area contributed by atoms with Crippen molar-refractivity contribution in [1.82, 2.24) is 0 Å². The summed E-state index contributed by atoms with van der Waals surface area (Å²) in [7, 11) is 0. The van der Waals surface area contributed by atoms with Gasteiger partial charge in [-0.15, -0.1) is 0 Å². The van der Waals surface area contributed by atoms with Gasteiger partial charge in [-0.1, -0.05) is 0 Å². The molecule has 66 valence electrons. The molecule has 0 aromatic carbocycles. The zero-order chi connectivity index (χ0) is 8.70. The van der Waals surface area contributed by atoms with Crippen LogP contribution in [0.25, 0.3) is 0 Å². The lowest BCUT2D eigenvalue weighted by Crippen LogP contribution is -2.50. The van der Waals surface area contributed by atoms with Crippen LogP contribution in [0.15, 0.2) is 0 Å². The van der Waals surface area contributed by atoms with E-state index < -0.39 is 24.1 Å². The lowest BCUT2D eigenvalue weighted by atomic mass is 9.97. The van der Waals surface area contributed by atoms with Gasteiger partial charge in [0.15, 0.2) is 0 Å². The Kier molecular flexibility index (Phi) is 1.94. The first-order valence-electron chi connectivity index (χ1n) is 3.30. The summed E-state index contributed by atoms with van der Waals surface area (Å²) in [6.07, 6.45) is -1.47. The molecule has 1 saturated heterocycles. The topological polar surface area (TPSA) is 90.2 Å². The highest BCUT2D eigenvalue weighted by atomic mass is 16.7. The molecule has 3 atom stereocenters. The number of ether oxygens (including phenoxy) is 1. The second-order valence-electron chi connectivity index (χ2n) is 3.05. The van der Waals surface area contributed by atoms with Crippen LogP contribution in [0.4, 0.5) is 0 Å². The normalized spacial score (nSPS) is 51.5. The van der Waals surface area contributed by atoms with Gasteiger partial charge in [-0.05, 0) is 6.92 Å². The highest BCUT2D eigenvalue weighted by molar-refractivity contribution is 4.97. The van der Waals surface area contributed by atoms with E-state index in [4.69, 9.17) is 5.11 Å². The van der Waals surface area contributed by atoms with Gasteiger partial charge in [-0.2, -0.15) is 0 Å². The first-order valence-corrected chi connectivity index (χ1v) is 3.30. The first-order chi connectivity index (χ1) is 4.92. The van der Waals surface area contributed by atoms with Gasteiger partial charge in [0.1, 0.15) is 11.7 Å². The number of hydrogen-bond donors (Lipinski definition) is 4. The third-order valence-electron chi connectivity index (χ3n) is 1.86. The van der Waals surface area contributed by atoms with E-state index in [1.54, 1.807) is 0 Å². The minimum absolute atomic E-state index is 0.189. The fourth-order valence-corrected chi connectivity index (χ4v) is 1.05. The van der Waals surface area contributed by atoms with Crippen LogP contribution in [0.2, 0.25) is 0 Å². The van der Waals surface area contributed by atoms with E-state index in [-0.39, 0.29) is 6.61 Å². The van der Waals surface area contributed by atoms with Crippen molar-refractivity contribution in [3.63, 3.8) is 0 Å². The van der Waals surface area contributed by atoms with Crippen molar-refractivity contribution >= 4 is 0 Å². The van der Waals surface area contributed by atoms with E-state index in [0.717, 1.165) is 0 Å². The van der Waals surface area contributed by atoms with Gasteiger partial charge in [0.25, 0.3) is 0 Å². The van der Waals surface area contributed by atoms with Crippen LogP contribution in [-0.4, -0.2) is 51.1 Å². The Balaban J connectivity index is 2.78. The molecule has 0 saturated carbocycles. The predicted octanol–water partition coefficient (Wildman–Crippen LogP) is -2.19. The molecule has 5 heteroatoms. The zero-order valence-corrected chi connectivity index (χ0v) is 6.19. The Labute approximate surface area is 63.8 Å². The van der Waals surface area contributed by atoms with Crippen molar-refractivity contribution in [3.8, 4) is 0 Å². The molecule has 0 unspecified atom stereocenters. The van der Waals surface area contributed by atoms with E-state index in [1.165, 1.54) is 6.92 Å². The lowest BCUT2D eigenvalue weighted by Gasteiger charge is -2.26. The monoisotopic (exact) mass is 164 g/mol. The van der Waals surface area contributed by atoms with Gasteiger partial charge in [-0.25, -0.2) is 0 Å². The standard InChI is InChI=1S/C6H12O5/c1-5(9)3-11-6(10,2-7)4(5)8/h4,7-10H,2-3H2,1H3/t4-,5-,6+/m1/s1. The van der Waals surface area contributed by atoms with Gasteiger partial charge >= 0.3 is 0 Å². The maximum atomic E-state index is 9.28. The van der Waals surface area contributed by atoms with Gasteiger partial charge in [0.05, 0.1) is 13.2 Å². The van der Waals surface area contributed by atoms with Gasteiger partial charge in [0.2, 0.25) is 5.79 Å². The van der Waals surface area contributed by atoms with E-state index in [2.05, 4.69) is 4.74 Å². The van der Waals surface area contributed by atoms with Crippen molar-refractivity contribution < 1.29 is 25.2 Å². The molecular weight excluding hydrogens is 152 g/mol. The molecule has 5 nitrogen and oxygen atoms in total. The van der Waals surface area contributed by atoms with Crippen molar-refractivity contribution in [1.29, 1.82) is 0 Å². The Morgan fingerprint density at radius 3 is 2.27 bits per heavy atom. The molecule has 11 heavy (non-hydrogen) atoms. The maximum absolute atomic E-state index is 9.28. The summed E-state index contributed by atoms with van der Waals surface area (Å²) < 4.78 is 4.62. The van der Waals surface area contributed by atoms with Crippen LogP contribution >= 0.6 is 0 Å². The minimum atomic E-state index is -2.01. The number of rotatable bonds is 1. The first kappa shape index (κ1) is 8.89. The van der Waals surface area contributed by atoms with E-state index in [0.29, 0.717) is 0 Å². The van der Waals surface area contributed by atoms with Crippen LogP contribution in [0, 0.1) is 0 Å². The fraction of sp³-hybridized carbons (Fsp3) is 1.00. The van der Waals surface area contributed by atoms with Crippen LogP contribution in [0.3, 0.4) is 0 Å². The molecule has 1 heterocycles. The second-order valence-corrected chi connectivity index (χ2v) is 3.05.